The number of ether oxygens (including phenoxy) is 1. The van der Waals surface area contributed by atoms with Crippen molar-refractivity contribution < 1.29 is 9.53 Å². The van der Waals surface area contributed by atoms with Gasteiger partial charge in [0.1, 0.15) is 5.75 Å². The highest BCUT2D eigenvalue weighted by Gasteiger charge is 2.34. The number of halogens is 1. The molecule has 0 spiro atoms. The van der Waals surface area contributed by atoms with Crippen LogP contribution in [0.1, 0.15) is 24.8 Å². The van der Waals surface area contributed by atoms with E-state index >= 15 is 0 Å². The van der Waals surface area contributed by atoms with Crippen LogP contribution >= 0.6 is 11.6 Å². The molecule has 1 saturated carbocycles. The Morgan fingerprint density at radius 2 is 2.32 bits per heavy atom. The van der Waals surface area contributed by atoms with Crippen LogP contribution < -0.4 is 20.9 Å². The molecule has 0 radical (unpaired) electrons. The molecule has 22 heavy (non-hydrogen) atoms. The molecule has 2 fully saturated rings. The lowest BCUT2D eigenvalue weighted by atomic mass is 9.83. The minimum atomic E-state index is -0.0602. The summed E-state index contributed by atoms with van der Waals surface area (Å²) in [5.41, 5.74) is 7.43. The molecule has 5 nitrogen and oxygen atoms in total. The Hall–Kier alpha value is -1.30. The van der Waals surface area contributed by atoms with Crippen molar-refractivity contribution in [1.82, 2.24) is 16.2 Å². The zero-order chi connectivity index (χ0) is 15.5. The van der Waals surface area contributed by atoms with Gasteiger partial charge in [-0.05, 0) is 55.9 Å². The third kappa shape index (κ3) is 3.72. The van der Waals surface area contributed by atoms with Gasteiger partial charge in [0.05, 0.1) is 0 Å². The van der Waals surface area contributed by atoms with E-state index in [1.165, 1.54) is 0 Å². The third-order valence-electron chi connectivity index (χ3n) is 4.50. The van der Waals surface area contributed by atoms with Crippen molar-refractivity contribution >= 4 is 17.5 Å². The maximum Gasteiger partial charge on any atom is 0.258 e. The van der Waals surface area contributed by atoms with Gasteiger partial charge in [0.25, 0.3) is 5.91 Å². The first-order valence-electron chi connectivity index (χ1n) is 7.78. The Kier molecular flexibility index (Phi) is 4.86. The predicted octanol–water partition coefficient (Wildman–Crippen LogP) is 1.79. The molecular weight excluding hydrogens is 302 g/mol. The van der Waals surface area contributed by atoms with Crippen LogP contribution in [0.2, 0.25) is 5.02 Å². The number of hydrogen-bond acceptors (Lipinski definition) is 4. The lowest BCUT2D eigenvalue weighted by Gasteiger charge is -2.31. The van der Waals surface area contributed by atoms with Crippen LogP contribution in [0.4, 0.5) is 0 Å². The molecule has 1 saturated heterocycles. The fraction of sp³-hybridized carbons (Fsp3) is 0.562. The van der Waals surface area contributed by atoms with E-state index in [2.05, 4.69) is 16.2 Å². The Morgan fingerprint density at radius 3 is 3.14 bits per heavy atom. The van der Waals surface area contributed by atoms with Gasteiger partial charge in [-0.3, -0.25) is 15.6 Å². The number of hydrazine groups is 1. The van der Waals surface area contributed by atoms with Crippen molar-refractivity contribution in [1.29, 1.82) is 0 Å². The average molecular weight is 324 g/mol. The van der Waals surface area contributed by atoms with Gasteiger partial charge in [0, 0.05) is 23.7 Å². The first-order valence-corrected chi connectivity index (χ1v) is 8.16. The van der Waals surface area contributed by atoms with Gasteiger partial charge in [0.15, 0.2) is 6.61 Å². The summed E-state index contributed by atoms with van der Waals surface area (Å²) >= 11 is 5.97. The Bertz CT molecular complexity index is 552. The maximum atomic E-state index is 12.0. The van der Waals surface area contributed by atoms with Crippen LogP contribution in [0, 0.1) is 12.8 Å². The molecular formula is C16H22ClN3O2. The van der Waals surface area contributed by atoms with Crippen molar-refractivity contribution in [3.8, 4) is 5.75 Å². The summed E-state index contributed by atoms with van der Waals surface area (Å²) in [7, 11) is 0. The number of aryl methyl sites for hydroxylation is 1. The summed E-state index contributed by atoms with van der Waals surface area (Å²) in [4.78, 5) is 12.0. The predicted molar refractivity (Wildman–Crippen MR) is 85.9 cm³/mol. The van der Waals surface area contributed by atoms with Crippen LogP contribution in [0.25, 0.3) is 0 Å². The SMILES string of the molecule is Cc1cc(OCC(=O)NC2CCC3NNCC3C2)ccc1Cl. The lowest BCUT2D eigenvalue weighted by Crippen LogP contribution is -2.45. The molecule has 2 aliphatic rings. The number of nitrogens with one attached hydrogen (secondary N) is 3. The molecule has 120 valence electrons. The van der Waals surface area contributed by atoms with Crippen LogP contribution in [0.3, 0.4) is 0 Å². The van der Waals surface area contributed by atoms with Crippen molar-refractivity contribution in [2.75, 3.05) is 13.2 Å². The molecule has 1 aromatic carbocycles. The second-order valence-electron chi connectivity index (χ2n) is 6.17. The van der Waals surface area contributed by atoms with Gasteiger partial charge in [-0.2, -0.15) is 0 Å². The quantitative estimate of drug-likeness (QED) is 0.790. The Morgan fingerprint density at radius 1 is 1.45 bits per heavy atom. The summed E-state index contributed by atoms with van der Waals surface area (Å²) in [6, 6.07) is 6.22. The largest absolute Gasteiger partial charge is 0.484 e. The minimum absolute atomic E-state index is 0.0438. The molecule has 6 heteroatoms. The summed E-state index contributed by atoms with van der Waals surface area (Å²) < 4.78 is 5.54. The zero-order valence-corrected chi connectivity index (χ0v) is 13.5. The van der Waals surface area contributed by atoms with Crippen molar-refractivity contribution in [3.63, 3.8) is 0 Å². The first kappa shape index (κ1) is 15.6. The van der Waals surface area contributed by atoms with Crippen molar-refractivity contribution in [2.45, 2.75) is 38.3 Å². The van der Waals surface area contributed by atoms with E-state index in [9.17, 15) is 4.79 Å². The minimum Gasteiger partial charge on any atom is -0.484 e. The normalized spacial score (nSPS) is 27.3. The van der Waals surface area contributed by atoms with E-state index in [0.717, 1.165) is 31.4 Å². The molecule has 3 N–H and O–H groups in total. The zero-order valence-electron chi connectivity index (χ0n) is 12.7. The summed E-state index contributed by atoms with van der Waals surface area (Å²) in [5.74, 6) is 1.22. The fourth-order valence-electron chi connectivity index (χ4n) is 3.26. The smallest absolute Gasteiger partial charge is 0.258 e. The van der Waals surface area contributed by atoms with Crippen LogP contribution in [-0.2, 0) is 4.79 Å². The fourth-order valence-corrected chi connectivity index (χ4v) is 3.37. The van der Waals surface area contributed by atoms with Gasteiger partial charge in [-0.15, -0.1) is 0 Å². The molecule has 1 amide bonds. The molecule has 1 aliphatic carbocycles. The third-order valence-corrected chi connectivity index (χ3v) is 4.92. The standard InChI is InChI=1S/C16H22ClN3O2/c1-10-6-13(3-4-14(10)17)22-9-16(21)19-12-2-5-15-11(7-12)8-18-20-15/h3-4,6,11-12,15,18,20H,2,5,7-9H2,1H3,(H,19,21). The topological polar surface area (TPSA) is 62.4 Å². The van der Waals surface area contributed by atoms with Gasteiger partial charge >= 0.3 is 0 Å². The molecule has 0 aromatic heterocycles. The van der Waals surface area contributed by atoms with Crippen molar-refractivity contribution in [2.24, 2.45) is 5.92 Å². The molecule has 1 heterocycles. The van der Waals surface area contributed by atoms with E-state index in [0.29, 0.717) is 22.7 Å². The first-order chi connectivity index (χ1) is 10.6. The summed E-state index contributed by atoms with van der Waals surface area (Å²) in [6.45, 7) is 2.94. The second-order valence-corrected chi connectivity index (χ2v) is 6.58. The Balaban J connectivity index is 1.45. The molecule has 1 aliphatic heterocycles. The number of fused-ring (bicyclic) bond motifs is 1. The highest BCUT2D eigenvalue weighted by atomic mass is 35.5. The van der Waals surface area contributed by atoms with E-state index < -0.39 is 0 Å². The number of amides is 1. The van der Waals surface area contributed by atoms with Crippen LogP contribution in [0.15, 0.2) is 18.2 Å². The maximum absolute atomic E-state index is 12.0. The van der Waals surface area contributed by atoms with E-state index in [4.69, 9.17) is 16.3 Å². The highest BCUT2D eigenvalue weighted by Crippen LogP contribution is 2.26. The lowest BCUT2D eigenvalue weighted by molar-refractivity contribution is -0.124. The number of rotatable bonds is 4. The molecule has 0 bridgehead atoms. The second kappa shape index (κ2) is 6.86. The number of carbonyl (C=O) groups is 1. The van der Waals surface area contributed by atoms with Gasteiger partial charge < -0.3 is 10.1 Å². The molecule has 3 unspecified atom stereocenters. The Labute approximate surface area is 135 Å². The van der Waals surface area contributed by atoms with Crippen LogP contribution in [-0.4, -0.2) is 31.1 Å². The van der Waals surface area contributed by atoms with Crippen molar-refractivity contribution in [3.05, 3.63) is 28.8 Å². The van der Waals surface area contributed by atoms with E-state index in [-0.39, 0.29) is 18.6 Å². The number of benzene rings is 1. The number of carbonyl (C=O) groups excluding carboxylic acids is 1. The van der Waals surface area contributed by atoms with E-state index in [1.807, 2.05) is 13.0 Å². The number of hydrogen-bond donors (Lipinski definition) is 3. The molecule has 3 rings (SSSR count). The monoisotopic (exact) mass is 323 g/mol. The van der Waals surface area contributed by atoms with E-state index in [1.54, 1.807) is 12.1 Å². The van der Waals surface area contributed by atoms with Gasteiger partial charge in [-0.25, -0.2) is 0 Å². The van der Waals surface area contributed by atoms with Gasteiger partial charge in [0.2, 0.25) is 0 Å². The summed E-state index contributed by atoms with van der Waals surface area (Å²) in [6.07, 6.45) is 3.14. The molecule has 1 aromatic rings. The summed E-state index contributed by atoms with van der Waals surface area (Å²) in [5, 5.41) is 3.78. The van der Waals surface area contributed by atoms with Crippen LogP contribution in [0.5, 0.6) is 5.75 Å². The molecule has 3 atom stereocenters. The highest BCUT2D eigenvalue weighted by molar-refractivity contribution is 6.31. The van der Waals surface area contributed by atoms with Gasteiger partial charge in [-0.1, -0.05) is 11.6 Å². The average Bonchev–Trinajstić information content (AvgIpc) is 2.96.